The summed E-state index contributed by atoms with van der Waals surface area (Å²) < 4.78 is 22.4. The van der Waals surface area contributed by atoms with Gasteiger partial charge in [-0.25, -0.2) is 4.79 Å². The molecule has 0 saturated carbocycles. The van der Waals surface area contributed by atoms with Gasteiger partial charge in [-0.3, -0.25) is 0 Å². The maximum absolute atomic E-state index is 11.8. The first kappa shape index (κ1) is 20.2. The van der Waals surface area contributed by atoms with Crippen molar-refractivity contribution in [2.75, 3.05) is 7.11 Å². The second-order valence-corrected chi connectivity index (χ2v) is 6.68. The molecule has 0 atom stereocenters. The molecule has 0 amide bonds. The Hall–Kier alpha value is -4.13. The van der Waals surface area contributed by atoms with E-state index in [2.05, 4.69) is 10.2 Å². The summed E-state index contributed by atoms with van der Waals surface area (Å²) >= 11 is 0. The van der Waals surface area contributed by atoms with E-state index in [4.69, 9.17) is 18.6 Å². The second kappa shape index (κ2) is 9.13. The minimum absolute atomic E-state index is 0.361. The molecule has 0 aliphatic rings. The third-order valence-corrected chi connectivity index (χ3v) is 4.44. The smallest absolute Gasteiger partial charge is 0.337 e. The van der Waals surface area contributed by atoms with Gasteiger partial charge in [0.25, 0.3) is 5.89 Å². The molecule has 0 fully saturated rings. The Morgan fingerprint density at radius 2 is 1.74 bits per heavy atom. The van der Waals surface area contributed by atoms with Crippen LogP contribution in [-0.2, 0) is 11.3 Å². The molecule has 7 nitrogen and oxygen atoms in total. The van der Waals surface area contributed by atoms with Crippen LogP contribution in [0.15, 0.2) is 77.2 Å². The minimum atomic E-state index is -0.431. The zero-order valence-electron chi connectivity index (χ0n) is 17.1. The van der Waals surface area contributed by atoms with Crippen LogP contribution in [0.25, 0.3) is 11.5 Å². The molecule has 0 saturated heterocycles. The average Bonchev–Trinajstić information content (AvgIpc) is 3.24. The number of ether oxygens (including phenoxy) is 3. The van der Waals surface area contributed by atoms with Crippen molar-refractivity contribution in [1.29, 1.82) is 0 Å². The summed E-state index contributed by atoms with van der Waals surface area (Å²) in [7, 11) is 1.34. The van der Waals surface area contributed by atoms with Crippen LogP contribution >= 0.6 is 0 Å². The molecule has 1 heterocycles. The summed E-state index contributed by atoms with van der Waals surface area (Å²) in [6.07, 6.45) is 0. The molecule has 31 heavy (non-hydrogen) atoms. The molecule has 0 radical (unpaired) electrons. The molecular formula is C24H20N2O5. The summed E-state index contributed by atoms with van der Waals surface area (Å²) in [4.78, 5) is 11.8. The van der Waals surface area contributed by atoms with Gasteiger partial charge in [0.05, 0.1) is 18.2 Å². The molecular weight excluding hydrogens is 396 g/mol. The molecule has 0 bridgehead atoms. The monoisotopic (exact) mass is 416 g/mol. The van der Waals surface area contributed by atoms with Crippen LogP contribution < -0.4 is 9.47 Å². The van der Waals surface area contributed by atoms with Crippen LogP contribution in [0.1, 0.15) is 21.8 Å². The van der Waals surface area contributed by atoms with Crippen LogP contribution in [-0.4, -0.2) is 23.3 Å². The van der Waals surface area contributed by atoms with Gasteiger partial charge in [0, 0.05) is 13.0 Å². The van der Waals surface area contributed by atoms with Gasteiger partial charge >= 0.3 is 5.97 Å². The Bertz CT molecular complexity index is 1190. The molecule has 0 N–H and O–H groups in total. The molecule has 0 spiro atoms. The van der Waals surface area contributed by atoms with Crippen molar-refractivity contribution in [3.8, 4) is 28.7 Å². The van der Waals surface area contributed by atoms with Gasteiger partial charge in [-0.05, 0) is 35.9 Å². The third-order valence-electron chi connectivity index (χ3n) is 4.44. The number of carbonyl (C=O) groups is 1. The zero-order valence-corrected chi connectivity index (χ0v) is 17.1. The van der Waals surface area contributed by atoms with Crippen molar-refractivity contribution in [3.63, 3.8) is 0 Å². The van der Waals surface area contributed by atoms with E-state index < -0.39 is 5.97 Å². The van der Waals surface area contributed by atoms with E-state index in [1.54, 1.807) is 49.4 Å². The maximum atomic E-state index is 11.8. The highest BCUT2D eigenvalue weighted by molar-refractivity contribution is 5.89. The fourth-order valence-corrected chi connectivity index (χ4v) is 2.94. The molecule has 0 aliphatic carbocycles. The summed E-state index contributed by atoms with van der Waals surface area (Å²) in [6, 6.07) is 21.9. The summed E-state index contributed by atoms with van der Waals surface area (Å²) in [5.41, 5.74) is 2.08. The van der Waals surface area contributed by atoms with E-state index in [1.165, 1.54) is 7.11 Å². The van der Waals surface area contributed by atoms with Crippen LogP contribution in [0.3, 0.4) is 0 Å². The number of aryl methyl sites for hydroxylation is 1. The van der Waals surface area contributed by atoms with Crippen LogP contribution in [0.2, 0.25) is 0 Å². The van der Waals surface area contributed by atoms with Gasteiger partial charge < -0.3 is 18.6 Å². The van der Waals surface area contributed by atoms with E-state index in [0.29, 0.717) is 46.8 Å². The number of hydrogen-bond donors (Lipinski definition) is 0. The van der Waals surface area contributed by atoms with Gasteiger partial charge in [-0.2, -0.15) is 0 Å². The number of aromatic nitrogens is 2. The first-order chi connectivity index (χ1) is 15.1. The van der Waals surface area contributed by atoms with Crippen molar-refractivity contribution in [3.05, 3.63) is 89.8 Å². The molecule has 1 aromatic heterocycles. The van der Waals surface area contributed by atoms with Gasteiger partial charge in [-0.15, -0.1) is 10.2 Å². The second-order valence-electron chi connectivity index (χ2n) is 6.68. The van der Waals surface area contributed by atoms with Crippen LogP contribution in [0.4, 0.5) is 0 Å². The number of rotatable bonds is 7. The van der Waals surface area contributed by atoms with Crippen LogP contribution in [0.5, 0.6) is 17.2 Å². The highest BCUT2D eigenvalue weighted by atomic mass is 16.5. The first-order valence-corrected chi connectivity index (χ1v) is 9.60. The van der Waals surface area contributed by atoms with Crippen molar-refractivity contribution in [2.45, 2.75) is 13.5 Å². The van der Waals surface area contributed by atoms with E-state index in [0.717, 1.165) is 5.56 Å². The molecule has 4 aromatic rings. The minimum Gasteiger partial charge on any atom is -0.488 e. The zero-order chi connectivity index (χ0) is 21.6. The standard InChI is InChI=1S/C24H20N2O5/c1-16-25-26-23(30-16)21-12-11-20(14-22(21)29-15-17-7-4-3-5-8-17)31-19-10-6-9-18(13-19)24(27)28-2/h3-14H,15H2,1-2H3. The summed E-state index contributed by atoms with van der Waals surface area (Å²) in [5.74, 6) is 1.96. The fraction of sp³-hybridized carbons (Fsp3) is 0.125. The molecule has 156 valence electrons. The number of esters is 1. The lowest BCUT2D eigenvalue weighted by atomic mass is 10.1. The Morgan fingerprint density at radius 3 is 2.48 bits per heavy atom. The molecule has 7 heteroatoms. The SMILES string of the molecule is COC(=O)c1cccc(Oc2ccc(-c3nnc(C)o3)c(OCc3ccccc3)c2)c1. The average molecular weight is 416 g/mol. The van der Waals surface area contributed by atoms with Gasteiger partial charge in [0.15, 0.2) is 0 Å². The largest absolute Gasteiger partial charge is 0.488 e. The Balaban J connectivity index is 1.62. The molecule has 0 aliphatic heterocycles. The highest BCUT2D eigenvalue weighted by Gasteiger charge is 2.15. The van der Waals surface area contributed by atoms with Crippen molar-refractivity contribution in [1.82, 2.24) is 10.2 Å². The maximum Gasteiger partial charge on any atom is 0.337 e. The normalized spacial score (nSPS) is 10.5. The predicted molar refractivity (Wildman–Crippen MR) is 113 cm³/mol. The number of carbonyl (C=O) groups excluding carboxylic acids is 1. The number of nitrogens with zero attached hydrogens (tertiary/aromatic N) is 2. The fourth-order valence-electron chi connectivity index (χ4n) is 2.94. The summed E-state index contributed by atoms with van der Waals surface area (Å²) in [5, 5.41) is 8.00. The van der Waals surface area contributed by atoms with E-state index in [1.807, 2.05) is 30.3 Å². The molecule has 0 unspecified atom stereocenters. The van der Waals surface area contributed by atoms with Gasteiger partial charge in [-0.1, -0.05) is 36.4 Å². The van der Waals surface area contributed by atoms with Crippen molar-refractivity contribution >= 4 is 5.97 Å². The molecule has 4 rings (SSSR count). The van der Waals surface area contributed by atoms with E-state index in [-0.39, 0.29) is 0 Å². The van der Waals surface area contributed by atoms with Crippen molar-refractivity contribution in [2.24, 2.45) is 0 Å². The third kappa shape index (κ3) is 4.90. The topological polar surface area (TPSA) is 83.7 Å². The Labute approximate surface area is 179 Å². The Kier molecular flexibility index (Phi) is 5.93. The lowest BCUT2D eigenvalue weighted by Gasteiger charge is -2.13. The van der Waals surface area contributed by atoms with E-state index >= 15 is 0 Å². The Morgan fingerprint density at radius 1 is 0.935 bits per heavy atom. The molecule has 3 aromatic carbocycles. The number of benzene rings is 3. The van der Waals surface area contributed by atoms with Crippen molar-refractivity contribution < 1.29 is 23.4 Å². The quantitative estimate of drug-likeness (QED) is 0.383. The lowest BCUT2D eigenvalue weighted by Crippen LogP contribution is -2.01. The van der Waals surface area contributed by atoms with Crippen LogP contribution in [0, 0.1) is 6.92 Å². The number of methoxy groups -OCH3 is 1. The number of hydrogen-bond acceptors (Lipinski definition) is 7. The first-order valence-electron chi connectivity index (χ1n) is 9.60. The highest BCUT2D eigenvalue weighted by Crippen LogP contribution is 2.35. The predicted octanol–water partition coefficient (Wildman–Crippen LogP) is 5.20. The van der Waals surface area contributed by atoms with Gasteiger partial charge in [0.1, 0.15) is 23.9 Å². The lowest BCUT2D eigenvalue weighted by molar-refractivity contribution is 0.0600. The van der Waals surface area contributed by atoms with E-state index in [9.17, 15) is 4.79 Å². The summed E-state index contributed by atoms with van der Waals surface area (Å²) in [6.45, 7) is 2.09. The van der Waals surface area contributed by atoms with Gasteiger partial charge in [0.2, 0.25) is 5.89 Å².